The first-order valence-electron chi connectivity index (χ1n) is 9.73. The highest BCUT2D eigenvalue weighted by molar-refractivity contribution is 5.84. The number of nitrogens with zero attached hydrogens (tertiary/aromatic N) is 2. The lowest BCUT2D eigenvalue weighted by molar-refractivity contribution is -0.126. The highest BCUT2D eigenvalue weighted by atomic mass is 16.5. The lowest BCUT2D eigenvalue weighted by Crippen LogP contribution is -2.48. The Labute approximate surface area is 166 Å². The molecule has 0 radical (unpaired) electrons. The molecule has 1 saturated heterocycles. The fraction of sp³-hybridized carbons (Fsp3) is 0.550. The fourth-order valence-electron chi connectivity index (χ4n) is 3.24. The molecule has 1 heterocycles. The van der Waals surface area contributed by atoms with Gasteiger partial charge in [0.15, 0.2) is 0 Å². The van der Waals surface area contributed by atoms with Gasteiger partial charge in [-0.05, 0) is 44.4 Å². The van der Waals surface area contributed by atoms with Crippen molar-refractivity contribution >= 4 is 23.7 Å². The van der Waals surface area contributed by atoms with E-state index in [4.69, 9.17) is 0 Å². The first kappa shape index (κ1) is 21.5. The SMILES string of the molecule is CCN(CC)C(=O)N1CCC(C(=O)NCc2ccc(NC(=O)OC)cc2)CC1. The Balaban J connectivity index is 1.77. The van der Waals surface area contributed by atoms with Crippen LogP contribution in [-0.4, -0.2) is 61.1 Å². The minimum atomic E-state index is -0.521. The van der Waals surface area contributed by atoms with Crippen molar-refractivity contribution < 1.29 is 19.1 Å². The number of anilines is 1. The van der Waals surface area contributed by atoms with Crippen molar-refractivity contribution in [3.8, 4) is 0 Å². The molecule has 1 aromatic carbocycles. The van der Waals surface area contributed by atoms with E-state index < -0.39 is 6.09 Å². The first-order valence-corrected chi connectivity index (χ1v) is 9.73. The van der Waals surface area contributed by atoms with E-state index in [-0.39, 0.29) is 17.9 Å². The molecule has 28 heavy (non-hydrogen) atoms. The third kappa shape index (κ3) is 5.87. The molecule has 0 spiro atoms. The van der Waals surface area contributed by atoms with Gasteiger partial charge in [-0.2, -0.15) is 0 Å². The Morgan fingerprint density at radius 1 is 1.11 bits per heavy atom. The van der Waals surface area contributed by atoms with E-state index in [2.05, 4.69) is 15.4 Å². The number of piperidine rings is 1. The number of hydrogen-bond acceptors (Lipinski definition) is 4. The van der Waals surface area contributed by atoms with Gasteiger partial charge < -0.3 is 19.9 Å². The van der Waals surface area contributed by atoms with Crippen LogP contribution in [0.1, 0.15) is 32.3 Å². The number of methoxy groups -OCH3 is 1. The summed E-state index contributed by atoms with van der Waals surface area (Å²) < 4.78 is 4.54. The smallest absolute Gasteiger partial charge is 0.411 e. The van der Waals surface area contributed by atoms with E-state index in [1.807, 2.05) is 30.9 Å². The van der Waals surface area contributed by atoms with Gasteiger partial charge in [-0.15, -0.1) is 0 Å². The van der Waals surface area contributed by atoms with Crippen molar-refractivity contribution in [3.05, 3.63) is 29.8 Å². The number of amides is 4. The van der Waals surface area contributed by atoms with Crippen LogP contribution >= 0.6 is 0 Å². The van der Waals surface area contributed by atoms with Crippen molar-refractivity contribution in [3.63, 3.8) is 0 Å². The second-order valence-corrected chi connectivity index (χ2v) is 6.75. The summed E-state index contributed by atoms with van der Waals surface area (Å²) >= 11 is 0. The molecule has 0 saturated carbocycles. The normalized spacial score (nSPS) is 14.3. The minimum absolute atomic E-state index is 0.0201. The van der Waals surface area contributed by atoms with Gasteiger partial charge in [-0.3, -0.25) is 10.1 Å². The molecule has 1 fully saturated rings. The number of rotatable bonds is 6. The van der Waals surface area contributed by atoms with Crippen LogP contribution in [0.2, 0.25) is 0 Å². The second-order valence-electron chi connectivity index (χ2n) is 6.75. The van der Waals surface area contributed by atoms with Crippen LogP contribution in [0.3, 0.4) is 0 Å². The average Bonchev–Trinajstić information content (AvgIpc) is 2.73. The quantitative estimate of drug-likeness (QED) is 0.781. The van der Waals surface area contributed by atoms with E-state index >= 15 is 0 Å². The van der Waals surface area contributed by atoms with Crippen LogP contribution in [0.15, 0.2) is 24.3 Å². The van der Waals surface area contributed by atoms with Crippen LogP contribution in [0.25, 0.3) is 0 Å². The van der Waals surface area contributed by atoms with Gasteiger partial charge in [0.1, 0.15) is 0 Å². The number of benzene rings is 1. The number of hydrogen-bond donors (Lipinski definition) is 2. The Morgan fingerprint density at radius 3 is 2.25 bits per heavy atom. The summed E-state index contributed by atoms with van der Waals surface area (Å²) in [6, 6.07) is 7.27. The zero-order chi connectivity index (χ0) is 20.5. The molecular weight excluding hydrogens is 360 g/mol. The van der Waals surface area contributed by atoms with E-state index in [1.165, 1.54) is 7.11 Å². The van der Waals surface area contributed by atoms with Gasteiger partial charge in [0, 0.05) is 44.3 Å². The maximum atomic E-state index is 12.4. The topological polar surface area (TPSA) is 91.0 Å². The predicted octanol–water partition coefficient (Wildman–Crippen LogP) is 2.65. The Kier molecular flexibility index (Phi) is 8.10. The largest absolute Gasteiger partial charge is 0.453 e. The molecule has 1 aromatic rings. The van der Waals surface area contributed by atoms with Gasteiger partial charge in [0.25, 0.3) is 0 Å². The van der Waals surface area contributed by atoms with Crippen LogP contribution < -0.4 is 10.6 Å². The predicted molar refractivity (Wildman–Crippen MR) is 107 cm³/mol. The molecule has 8 heteroatoms. The van der Waals surface area contributed by atoms with Crippen LogP contribution in [0.4, 0.5) is 15.3 Å². The van der Waals surface area contributed by atoms with Crippen LogP contribution in [0, 0.1) is 5.92 Å². The van der Waals surface area contributed by atoms with E-state index in [0.29, 0.717) is 51.3 Å². The average molecular weight is 390 g/mol. The van der Waals surface area contributed by atoms with Crippen LogP contribution in [-0.2, 0) is 16.1 Å². The zero-order valence-corrected chi connectivity index (χ0v) is 16.9. The molecule has 0 unspecified atom stereocenters. The lowest BCUT2D eigenvalue weighted by atomic mass is 9.96. The summed E-state index contributed by atoms with van der Waals surface area (Å²) in [4.78, 5) is 39.6. The van der Waals surface area contributed by atoms with Gasteiger partial charge in [0.05, 0.1) is 7.11 Å². The number of carbonyl (C=O) groups excluding carboxylic acids is 3. The molecule has 4 amide bonds. The van der Waals surface area contributed by atoms with Crippen molar-refractivity contribution in [1.29, 1.82) is 0 Å². The molecular formula is C20H30N4O4. The van der Waals surface area contributed by atoms with Crippen molar-refractivity contribution in [2.24, 2.45) is 5.92 Å². The molecule has 1 aliphatic heterocycles. The Bertz CT molecular complexity index is 665. The summed E-state index contributed by atoms with van der Waals surface area (Å²) in [6.45, 7) is 6.99. The molecule has 2 rings (SSSR count). The van der Waals surface area contributed by atoms with Crippen molar-refractivity contribution in [2.75, 3.05) is 38.6 Å². The number of carbonyl (C=O) groups is 3. The third-order valence-corrected chi connectivity index (χ3v) is 5.02. The minimum Gasteiger partial charge on any atom is -0.453 e. The summed E-state index contributed by atoms with van der Waals surface area (Å²) in [6.07, 6.45) is 0.841. The fourth-order valence-corrected chi connectivity index (χ4v) is 3.24. The number of urea groups is 1. The highest BCUT2D eigenvalue weighted by Gasteiger charge is 2.28. The maximum absolute atomic E-state index is 12.4. The van der Waals surface area contributed by atoms with Crippen molar-refractivity contribution in [2.45, 2.75) is 33.2 Å². The van der Waals surface area contributed by atoms with E-state index in [9.17, 15) is 14.4 Å². The van der Waals surface area contributed by atoms with Gasteiger partial charge in [0.2, 0.25) is 5.91 Å². The molecule has 0 aliphatic carbocycles. The van der Waals surface area contributed by atoms with Gasteiger partial charge >= 0.3 is 12.1 Å². The summed E-state index contributed by atoms with van der Waals surface area (Å²) in [5.41, 5.74) is 1.57. The molecule has 0 bridgehead atoms. The molecule has 154 valence electrons. The lowest BCUT2D eigenvalue weighted by Gasteiger charge is -2.34. The second kappa shape index (κ2) is 10.5. The summed E-state index contributed by atoms with van der Waals surface area (Å²) in [5, 5.41) is 5.55. The monoisotopic (exact) mass is 390 g/mol. The van der Waals surface area contributed by atoms with Crippen LogP contribution in [0.5, 0.6) is 0 Å². The highest BCUT2D eigenvalue weighted by Crippen LogP contribution is 2.19. The number of nitrogens with one attached hydrogen (secondary N) is 2. The Hall–Kier alpha value is -2.77. The molecule has 1 aliphatic rings. The third-order valence-electron chi connectivity index (χ3n) is 5.02. The van der Waals surface area contributed by atoms with Gasteiger partial charge in [-0.25, -0.2) is 9.59 Å². The first-order chi connectivity index (χ1) is 13.5. The molecule has 2 N–H and O–H groups in total. The number of ether oxygens (including phenoxy) is 1. The molecule has 8 nitrogen and oxygen atoms in total. The number of likely N-dealkylation sites (tertiary alicyclic amines) is 1. The molecule has 0 atom stereocenters. The van der Waals surface area contributed by atoms with E-state index in [1.54, 1.807) is 17.0 Å². The standard InChI is InChI=1S/C20H30N4O4/c1-4-23(5-2)20(27)24-12-10-16(11-13-24)18(25)21-14-15-6-8-17(9-7-15)22-19(26)28-3/h6-9,16H,4-5,10-14H2,1-3H3,(H,21,25)(H,22,26). The van der Waals surface area contributed by atoms with Crippen molar-refractivity contribution in [1.82, 2.24) is 15.1 Å². The summed E-state index contributed by atoms with van der Waals surface area (Å²) in [5.74, 6) is -0.0484. The zero-order valence-electron chi connectivity index (χ0n) is 16.9. The molecule has 0 aromatic heterocycles. The van der Waals surface area contributed by atoms with E-state index in [0.717, 1.165) is 5.56 Å². The maximum Gasteiger partial charge on any atom is 0.411 e. The van der Waals surface area contributed by atoms with Gasteiger partial charge in [-0.1, -0.05) is 12.1 Å². The summed E-state index contributed by atoms with van der Waals surface area (Å²) in [7, 11) is 1.31. The Morgan fingerprint density at radius 2 is 1.71 bits per heavy atom.